The monoisotopic (exact) mass is 192 g/mol. The number of hydrogen-bond acceptors (Lipinski definition) is 3. The number of para-hydroxylation sites is 1. The first-order valence-electron chi connectivity index (χ1n) is 4.87. The molecule has 1 atom stereocenters. The maximum atomic E-state index is 5.32. The Balaban J connectivity index is 2.47. The molecular weight excluding hydrogens is 176 g/mol. The van der Waals surface area contributed by atoms with E-state index in [1.54, 1.807) is 7.11 Å². The second-order valence-electron chi connectivity index (χ2n) is 3.78. The minimum atomic E-state index is 0.462. The summed E-state index contributed by atoms with van der Waals surface area (Å²) in [4.78, 5) is 2.25. The maximum absolute atomic E-state index is 5.32. The Morgan fingerprint density at radius 3 is 3.00 bits per heavy atom. The van der Waals surface area contributed by atoms with E-state index < -0.39 is 0 Å². The number of nitrogens with zero attached hydrogens (tertiary/aromatic N) is 1. The average Bonchev–Trinajstić information content (AvgIpc) is 2.17. The Bertz CT molecular complexity index is 338. The lowest BCUT2D eigenvalue weighted by Crippen LogP contribution is -2.37. The van der Waals surface area contributed by atoms with Crippen LogP contribution in [-0.4, -0.2) is 26.7 Å². The molecule has 1 aromatic rings. The summed E-state index contributed by atoms with van der Waals surface area (Å²) in [5.74, 6) is 0.918. The zero-order valence-corrected chi connectivity index (χ0v) is 8.87. The van der Waals surface area contributed by atoms with Crippen LogP contribution in [0.25, 0.3) is 0 Å². The first-order valence-corrected chi connectivity index (χ1v) is 4.87. The fraction of sp³-hybridized carbons (Fsp3) is 0.455. The molecule has 0 amide bonds. The van der Waals surface area contributed by atoms with E-state index in [1.165, 1.54) is 5.69 Å². The quantitative estimate of drug-likeness (QED) is 0.736. The molecule has 1 heterocycles. The number of hydrogen-bond donors (Lipinski definition) is 1. The molecule has 1 aliphatic rings. The molecule has 0 aliphatic carbocycles. The first-order chi connectivity index (χ1) is 6.72. The van der Waals surface area contributed by atoms with E-state index in [2.05, 4.69) is 30.3 Å². The van der Waals surface area contributed by atoms with Crippen LogP contribution in [0.15, 0.2) is 18.2 Å². The summed E-state index contributed by atoms with van der Waals surface area (Å²) >= 11 is 0. The first kappa shape index (κ1) is 9.19. The largest absolute Gasteiger partial charge is 0.495 e. The van der Waals surface area contributed by atoms with Crippen molar-refractivity contribution in [1.82, 2.24) is 0 Å². The van der Waals surface area contributed by atoms with Gasteiger partial charge in [-0.3, -0.25) is 0 Å². The highest BCUT2D eigenvalue weighted by Crippen LogP contribution is 2.37. The third kappa shape index (κ3) is 1.39. The van der Waals surface area contributed by atoms with Gasteiger partial charge in [-0.1, -0.05) is 6.07 Å². The van der Waals surface area contributed by atoms with Gasteiger partial charge >= 0.3 is 0 Å². The highest BCUT2D eigenvalue weighted by molar-refractivity contribution is 5.78. The number of rotatable bonds is 1. The molecule has 14 heavy (non-hydrogen) atoms. The number of benzene rings is 1. The maximum Gasteiger partial charge on any atom is 0.144 e. The van der Waals surface area contributed by atoms with Crippen LogP contribution >= 0.6 is 0 Å². The van der Waals surface area contributed by atoms with E-state index in [-0.39, 0.29) is 0 Å². The molecule has 76 valence electrons. The van der Waals surface area contributed by atoms with E-state index in [4.69, 9.17) is 4.74 Å². The summed E-state index contributed by atoms with van der Waals surface area (Å²) in [7, 11) is 3.81. The smallest absolute Gasteiger partial charge is 0.144 e. The molecule has 0 spiro atoms. The van der Waals surface area contributed by atoms with Crippen molar-refractivity contribution in [3.63, 3.8) is 0 Å². The summed E-state index contributed by atoms with van der Waals surface area (Å²) < 4.78 is 5.32. The van der Waals surface area contributed by atoms with Crippen molar-refractivity contribution in [2.45, 2.75) is 13.0 Å². The minimum Gasteiger partial charge on any atom is -0.495 e. The van der Waals surface area contributed by atoms with Gasteiger partial charge in [0.1, 0.15) is 11.4 Å². The third-order valence-corrected chi connectivity index (χ3v) is 2.57. The molecule has 0 saturated heterocycles. The van der Waals surface area contributed by atoms with Gasteiger partial charge in [0.15, 0.2) is 0 Å². The molecule has 0 aromatic heterocycles. The zero-order valence-electron chi connectivity index (χ0n) is 8.87. The van der Waals surface area contributed by atoms with Gasteiger partial charge < -0.3 is 15.0 Å². The molecule has 0 bridgehead atoms. The number of nitrogens with one attached hydrogen (secondary N) is 1. The van der Waals surface area contributed by atoms with Gasteiger partial charge in [0.25, 0.3) is 0 Å². The average molecular weight is 192 g/mol. The van der Waals surface area contributed by atoms with Crippen LogP contribution in [0.1, 0.15) is 6.92 Å². The molecule has 3 nitrogen and oxygen atoms in total. The van der Waals surface area contributed by atoms with E-state index in [1.807, 2.05) is 12.1 Å². The van der Waals surface area contributed by atoms with E-state index >= 15 is 0 Å². The zero-order chi connectivity index (χ0) is 10.1. The van der Waals surface area contributed by atoms with Gasteiger partial charge in [0.2, 0.25) is 0 Å². The molecule has 1 unspecified atom stereocenters. The highest BCUT2D eigenvalue weighted by atomic mass is 16.5. The third-order valence-electron chi connectivity index (χ3n) is 2.57. The van der Waals surface area contributed by atoms with Crippen molar-refractivity contribution in [1.29, 1.82) is 0 Å². The Morgan fingerprint density at radius 2 is 2.29 bits per heavy atom. The predicted octanol–water partition coefficient (Wildman–Crippen LogP) is 1.95. The molecule has 1 aromatic carbocycles. The second-order valence-corrected chi connectivity index (χ2v) is 3.78. The number of anilines is 2. The van der Waals surface area contributed by atoms with Gasteiger partial charge in [0, 0.05) is 19.6 Å². The SMILES string of the molecule is COc1cccc2c1NC(C)CN2C. The van der Waals surface area contributed by atoms with Crippen molar-refractivity contribution < 1.29 is 4.74 Å². The van der Waals surface area contributed by atoms with Crippen molar-refractivity contribution in [2.75, 3.05) is 30.9 Å². The fourth-order valence-electron chi connectivity index (χ4n) is 1.95. The Morgan fingerprint density at radius 1 is 1.50 bits per heavy atom. The normalized spacial score (nSPS) is 19.9. The number of ether oxygens (including phenoxy) is 1. The van der Waals surface area contributed by atoms with Crippen LogP contribution in [0.4, 0.5) is 11.4 Å². The Labute approximate surface area is 84.7 Å². The summed E-state index contributed by atoms with van der Waals surface area (Å²) in [5, 5.41) is 3.44. The van der Waals surface area contributed by atoms with Crippen LogP contribution < -0.4 is 15.0 Å². The molecule has 2 rings (SSSR count). The van der Waals surface area contributed by atoms with E-state index in [0.717, 1.165) is 18.0 Å². The summed E-state index contributed by atoms with van der Waals surface area (Å²) in [6.45, 7) is 3.20. The van der Waals surface area contributed by atoms with Crippen LogP contribution in [-0.2, 0) is 0 Å². The van der Waals surface area contributed by atoms with E-state index in [0.29, 0.717) is 6.04 Å². The minimum absolute atomic E-state index is 0.462. The molecule has 0 fully saturated rings. The van der Waals surface area contributed by atoms with Crippen LogP contribution in [0.5, 0.6) is 5.75 Å². The molecule has 3 heteroatoms. The standard InChI is InChI=1S/C11H16N2O/c1-8-7-13(2)9-5-4-6-10(14-3)11(9)12-8/h4-6,8,12H,7H2,1-3H3. The van der Waals surface area contributed by atoms with Crippen LogP contribution in [0.3, 0.4) is 0 Å². The van der Waals surface area contributed by atoms with Gasteiger partial charge in [-0.25, -0.2) is 0 Å². The Kier molecular flexibility index (Phi) is 2.23. The van der Waals surface area contributed by atoms with Crippen molar-refractivity contribution in [3.05, 3.63) is 18.2 Å². The predicted molar refractivity (Wildman–Crippen MR) is 59.3 cm³/mol. The second kappa shape index (κ2) is 3.40. The Hall–Kier alpha value is -1.38. The number of fused-ring (bicyclic) bond motifs is 1. The fourth-order valence-corrected chi connectivity index (χ4v) is 1.95. The number of likely N-dealkylation sites (N-methyl/N-ethyl adjacent to an activating group) is 1. The lowest BCUT2D eigenvalue weighted by atomic mass is 10.1. The van der Waals surface area contributed by atoms with Gasteiger partial charge in [-0.2, -0.15) is 0 Å². The van der Waals surface area contributed by atoms with E-state index in [9.17, 15) is 0 Å². The lowest BCUT2D eigenvalue weighted by molar-refractivity contribution is 0.415. The van der Waals surface area contributed by atoms with Gasteiger partial charge in [-0.15, -0.1) is 0 Å². The van der Waals surface area contributed by atoms with Crippen LogP contribution in [0.2, 0.25) is 0 Å². The topological polar surface area (TPSA) is 24.5 Å². The van der Waals surface area contributed by atoms with Crippen molar-refractivity contribution >= 4 is 11.4 Å². The molecular formula is C11H16N2O. The molecule has 0 saturated carbocycles. The number of methoxy groups -OCH3 is 1. The van der Waals surface area contributed by atoms with Crippen molar-refractivity contribution in [3.8, 4) is 5.75 Å². The summed E-state index contributed by atoms with van der Waals surface area (Å²) in [6, 6.07) is 6.57. The summed E-state index contributed by atoms with van der Waals surface area (Å²) in [6.07, 6.45) is 0. The molecule has 0 radical (unpaired) electrons. The highest BCUT2D eigenvalue weighted by Gasteiger charge is 2.20. The summed E-state index contributed by atoms with van der Waals surface area (Å²) in [5.41, 5.74) is 2.32. The van der Waals surface area contributed by atoms with Gasteiger partial charge in [-0.05, 0) is 19.1 Å². The van der Waals surface area contributed by atoms with Gasteiger partial charge in [0.05, 0.1) is 12.8 Å². The molecule has 1 N–H and O–H groups in total. The van der Waals surface area contributed by atoms with Crippen LogP contribution in [0, 0.1) is 0 Å². The lowest BCUT2D eigenvalue weighted by Gasteiger charge is -2.33. The molecule has 1 aliphatic heterocycles. The van der Waals surface area contributed by atoms with Crippen molar-refractivity contribution in [2.24, 2.45) is 0 Å².